The third-order valence-electron chi connectivity index (χ3n) is 2.72. The van der Waals surface area contributed by atoms with Crippen molar-refractivity contribution in [1.29, 1.82) is 0 Å². The van der Waals surface area contributed by atoms with Gasteiger partial charge < -0.3 is 19.8 Å². The molecule has 6 heteroatoms. The molecule has 0 aliphatic carbocycles. The molecular weight excluding hydrogens is 236 g/mol. The van der Waals surface area contributed by atoms with Gasteiger partial charge in [0.15, 0.2) is 0 Å². The molecule has 1 aromatic heterocycles. The molecule has 1 fully saturated rings. The first-order valence-corrected chi connectivity index (χ1v) is 5.88. The zero-order valence-electron chi connectivity index (χ0n) is 10.0. The summed E-state index contributed by atoms with van der Waals surface area (Å²) >= 11 is 0. The van der Waals surface area contributed by atoms with Crippen LogP contribution in [0.15, 0.2) is 23.1 Å². The number of ether oxygens (including phenoxy) is 2. The van der Waals surface area contributed by atoms with E-state index in [0.29, 0.717) is 18.9 Å². The molecule has 1 aliphatic heterocycles. The van der Waals surface area contributed by atoms with E-state index in [-0.39, 0.29) is 18.2 Å². The van der Waals surface area contributed by atoms with Crippen LogP contribution < -0.4 is 11.3 Å². The molecule has 0 radical (unpaired) electrons. The Morgan fingerprint density at radius 3 is 3.11 bits per heavy atom. The lowest BCUT2D eigenvalue weighted by Gasteiger charge is -2.22. The fraction of sp³-hybridized carbons (Fsp3) is 0.500. The standard InChI is InChI=1S/C12H16N2O4/c13-9-3-4-11(15)14(6-9)7-12(16)18-10-2-1-5-17-8-10/h3-4,6,10H,1-2,5,7-8,13H2. The van der Waals surface area contributed by atoms with E-state index in [1.54, 1.807) is 0 Å². The monoisotopic (exact) mass is 252 g/mol. The summed E-state index contributed by atoms with van der Waals surface area (Å²) < 4.78 is 11.7. The molecule has 6 nitrogen and oxygen atoms in total. The van der Waals surface area contributed by atoms with E-state index < -0.39 is 5.97 Å². The summed E-state index contributed by atoms with van der Waals surface area (Å²) in [4.78, 5) is 23.1. The topological polar surface area (TPSA) is 83.6 Å². The maximum absolute atomic E-state index is 11.7. The van der Waals surface area contributed by atoms with Crippen LogP contribution in [-0.4, -0.2) is 29.9 Å². The molecule has 2 heterocycles. The maximum Gasteiger partial charge on any atom is 0.326 e. The lowest BCUT2D eigenvalue weighted by molar-refractivity contribution is -0.156. The van der Waals surface area contributed by atoms with Crippen molar-refractivity contribution < 1.29 is 14.3 Å². The Morgan fingerprint density at radius 1 is 1.56 bits per heavy atom. The van der Waals surface area contributed by atoms with Gasteiger partial charge >= 0.3 is 5.97 Å². The molecular formula is C12H16N2O4. The summed E-state index contributed by atoms with van der Waals surface area (Å²) in [5, 5.41) is 0. The molecule has 1 unspecified atom stereocenters. The zero-order chi connectivity index (χ0) is 13.0. The lowest BCUT2D eigenvalue weighted by Crippen LogP contribution is -2.31. The molecule has 1 aromatic rings. The Kier molecular flexibility index (Phi) is 3.99. The highest BCUT2D eigenvalue weighted by Gasteiger charge is 2.18. The van der Waals surface area contributed by atoms with Gasteiger partial charge in [-0.05, 0) is 18.9 Å². The molecule has 0 spiro atoms. The van der Waals surface area contributed by atoms with Gasteiger partial charge in [0.1, 0.15) is 12.6 Å². The summed E-state index contributed by atoms with van der Waals surface area (Å²) in [6.07, 6.45) is 2.91. The minimum Gasteiger partial charge on any atom is -0.459 e. The highest BCUT2D eigenvalue weighted by Crippen LogP contribution is 2.10. The number of rotatable bonds is 3. The number of anilines is 1. The number of nitrogens with two attached hydrogens (primary N) is 1. The van der Waals surface area contributed by atoms with Crippen LogP contribution in [0.1, 0.15) is 12.8 Å². The summed E-state index contributed by atoms with van der Waals surface area (Å²) in [5.74, 6) is -0.446. The van der Waals surface area contributed by atoms with Crippen molar-refractivity contribution in [3.05, 3.63) is 28.7 Å². The summed E-state index contributed by atoms with van der Waals surface area (Å²) in [6, 6.07) is 2.82. The quantitative estimate of drug-likeness (QED) is 0.774. The van der Waals surface area contributed by atoms with Gasteiger partial charge in [-0.15, -0.1) is 0 Å². The van der Waals surface area contributed by atoms with Crippen molar-refractivity contribution in [2.24, 2.45) is 0 Å². The van der Waals surface area contributed by atoms with Crippen LogP contribution in [-0.2, 0) is 20.8 Å². The summed E-state index contributed by atoms with van der Waals surface area (Å²) in [7, 11) is 0. The molecule has 2 rings (SSSR count). The predicted molar refractivity (Wildman–Crippen MR) is 65.0 cm³/mol. The van der Waals surface area contributed by atoms with Crippen LogP contribution in [0, 0.1) is 0 Å². The van der Waals surface area contributed by atoms with Crippen LogP contribution in [0.25, 0.3) is 0 Å². The summed E-state index contributed by atoms with van der Waals surface area (Å²) in [5.41, 5.74) is 5.71. The van der Waals surface area contributed by atoms with Gasteiger partial charge in [-0.1, -0.05) is 0 Å². The predicted octanol–water partition coefficient (Wildman–Crippen LogP) is 0.153. The Hall–Kier alpha value is -1.82. The van der Waals surface area contributed by atoms with Gasteiger partial charge in [0.2, 0.25) is 0 Å². The van der Waals surface area contributed by atoms with Crippen LogP contribution >= 0.6 is 0 Å². The van der Waals surface area contributed by atoms with Gasteiger partial charge in [0, 0.05) is 24.6 Å². The van der Waals surface area contributed by atoms with E-state index >= 15 is 0 Å². The number of pyridine rings is 1. The third kappa shape index (κ3) is 3.33. The second kappa shape index (κ2) is 5.68. The third-order valence-corrected chi connectivity index (χ3v) is 2.72. The fourth-order valence-corrected chi connectivity index (χ4v) is 1.84. The van der Waals surface area contributed by atoms with E-state index in [2.05, 4.69) is 0 Å². The van der Waals surface area contributed by atoms with E-state index in [4.69, 9.17) is 15.2 Å². The van der Waals surface area contributed by atoms with Crippen LogP contribution in [0.4, 0.5) is 5.69 Å². The van der Waals surface area contributed by atoms with E-state index in [9.17, 15) is 9.59 Å². The van der Waals surface area contributed by atoms with Crippen molar-refractivity contribution in [2.45, 2.75) is 25.5 Å². The largest absolute Gasteiger partial charge is 0.459 e. The van der Waals surface area contributed by atoms with Gasteiger partial charge in [-0.3, -0.25) is 9.59 Å². The lowest BCUT2D eigenvalue weighted by atomic mass is 10.2. The van der Waals surface area contributed by atoms with Crippen LogP contribution in [0.5, 0.6) is 0 Å². The fourth-order valence-electron chi connectivity index (χ4n) is 1.84. The van der Waals surface area contributed by atoms with Crippen molar-refractivity contribution in [1.82, 2.24) is 4.57 Å². The normalized spacial score (nSPS) is 19.4. The number of carbonyl (C=O) groups is 1. The van der Waals surface area contributed by atoms with Gasteiger partial charge in [-0.2, -0.15) is 0 Å². The van der Waals surface area contributed by atoms with Gasteiger partial charge in [0.05, 0.1) is 6.61 Å². The molecule has 18 heavy (non-hydrogen) atoms. The second-order valence-corrected chi connectivity index (χ2v) is 4.26. The average molecular weight is 252 g/mol. The second-order valence-electron chi connectivity index (χ2n) is 4.26. The number of carbonyl (C=O) groups excluding carboxylic acids is 1. The Morgan fingerprint density at radius 2 is 2.39 bits per heavy atom. The van der Waals surface area contributed by atoms with Crippen molar-refractivity contribution in [2.75, 3.05) is 18.9 Å². The number of nitrogen functional groups attached to an aromatic ring is 1. The average Bonchev–Trinajstić information content (AvgIpc) is 2.35. The molecule has 0 saturated carbocycles. The van der Waals surface area contributed by atoms with Crippen molar-refractivity contribution >= 4 is 11.7 Å². The van der Waals surface area contributed by atoms with Crippen molar-refractivity contribution in [3.8, 4) is 0 Å². The Labute approximate surface area is 104 Å². The molecule has 1 saturated heterocycles. The maximum atomic E-state index is 11.7. The molecule has 2 N–H and O–H groups in total. The van der Waals surface area contributed by atoms with Gasteiger partial charge in [-0.25, -0.2) is 0 Å². The highest BCUT2D eigenvalue weighted by molar-refractivity contribution is 5.69. The number of hydrogen-bond donors (Lipinski definition) is 1. The van der Waals surface area contributed by atoms with E-state index in [0.717, 1.165) is 12.8 Å². The van der Waals surface area contributed by atoms with Crippen LogP contribution in [0.3, 0.4) is 0 Å². The Balaban J connectivity index is 1.94. The molecule has 1 aliphatic rings. The highest BCUT2D eigenvalue weighted by atomic mass is 16.6. The smallest absolute Gasteiger partial charge is 0.326 e. The molecule has 98 valence electrons. The van der Waals surface area contributed by atoms with Crippen LogP contribution in [0.2, 0.25) is 0 Å². The number of aromatic nitrogens is 1. The molecule has 0 bridgehead atoms. The number of nitrogens with zero attached hydrogens (tertiary/aromatic N) is 1. The number of esters is 1. The molecule has 1 atom stereocenters. The number of hydrogen-bond acceptors (Lipinski definition) is 5. The first-order chi connectivity index (χ1) is 8.65. The van der Waals surface area contributed by atoms with E-state index in [1.165, 1.54) is 22.9 Å². The Bertz CT molecular complexity index is 477. The molecule has 0 amide bonds. The first-order valence-electron chi connectivity index (χ1n) is 5.88. The summed E-state index contributed by atoms with van der Waals surface area (Å²) in [6.45, 7) is 1.01. The minimum absolute atomic E-state index is 0.125. The van der Waals surface area contributed by atoms with Crippen molar-refractivity contribution in [3.63, 3.8) is 0 Å². The molecule has 0 aromatic carbocycles. The van der Waals surface area contributed by atoms with E-state index in [1.807, 2.05) is 0 Å². The first kappa shape index (κ1) is 12.6. The minimum atomic E-state index is -0.446. The SMILES string of the molecule is Nc1ccc(=O)n(CC(=O)OC2CCCOC2)c1. The zero-order valence-corrected chi connectivity index (χ0v) is 10.0. The van der Waals surface area contributed by atoms with Gasteiger partial charge in [0.25, 0.3) is 5.56 Å².